The second kappa shape index (κ2) is 7.71. The normalized spacial score (nSPS) is 23.1. The lowest BCUT2D eigenvalue weighted by atomic mass is 9.78. The monoisotopic (exact) mass is 376 g/mol. The fourth-order valence-corrected chi connectivity index (χ4v) is 3.59. The van der Waals surface area contributed by atoms with E-state index in [0.717, 1.165) is 31.2 Å². The quantitative estimate of drug-likeness (QED) is 0.788. The highest BCUT2D eigenvalue weighted by Gasteiger charge is 2.31. The molecule has 0 radical (unpaired) electrons. The molecule has 1 fully saturated rings. The van der Waals surface area contributed by atoms with Gasteiger partial charge < -0.3 is 5.32 Å². The summed E-state index contributed by atoms with van der Waals surface area (Å²) >= 11 is 0. The van der Waals surface area contributed by atoms with Gasteiger partial charge in [0.15, 0.2) is 0 Å². The molecule has 6 heteroatoms. The van der Waals surface area contributed by atoms with Crippen LogP contribution >= 0.6 is 0 Å². The van der Waals surface area contributed by atoms with Crippen LogP contribution in [0.4, 0.5) is 13.2 Å². The van der Waals surface area contributed by atoms with E-state index in [0.29, 0.717) is 23.0 Å². The predicted molar refractivity (Wildman–Crippen MR) is 98.1 cm³/mol. The summed E-state index contributed by atoms with van der Waals surface area (Å²) in [5, 5.41) is 3.10. The number of pyridine rings is 1. The molecule has 2 aromatic rings. The molecule has 0 bridgehead atoms. The van der Waals surface area contributed by atoms with Gasteiger partial charge in [0.05, 0.1) is 11.3 Å². The molecular formula is C21H23F3N2O. The Bertz CT molecular complexity index is 802. The van der Waals surface area contributed by atoms with Gasteiger partial charge in [-0.25, -0.2) is 0 Å². The number of hydrogen-bond acceptors (Lipinski definition) is 2. The van der Waals surface area contributed by atoms with Crippen molar-refractivity contribution in [1.82, 2.24) is 10.3 Å². The minimum Gasteiger partial charge on any atom is -0.349 e. The number of alkyl halides is 3. The third-order valence-electron chi connectivity index (χ3n) is 5.55. The maximum atomic E-state index is 12.9. The molecule has 0 saturated heterocycles. The molecule has 0 spiro atoms. The van der Waals surface area contributed by atoms with Crippen LogP contribution in [0.15, 0.2) is 42.6 Å². The highest BCUT2D eigenvalue weighted by molar-refractivity contribution is 5.94. The third kappa shape index (κ3) is 4.49. The van der Waals surface area contributed by atoms with Gasteiger partial charge in [-0.05, 0) is 42.5 Å². The number of carbonyl (C=O) groups is 1. The van der Waals surface area contributed by atoms with Crippen LogP contribution in [0.2, 0.25) is 0 Å². The molecule has 1 N–H and O–H groups in total. The summed E-state index contributed by atoms with van der Waals surface area (Å²) in [6, 6.07) is 8.63. The number of rotatable bonds is 3. The van der Waals surface area contributed by atoms with Crippen LogP contribution in [0, 0.1) is 11.8 Å². The Morgan fingerprint density at radius 2 is 1.81 bits per heavy atom. The highest BCUT2D eigenvalue weighted by Crippen LogP contribution is 2.32. The number of amides is 1. The summed E-state index contributed by atoms with van der Waals surface area (Å²) in [6.45, 7) is 4.37. The molecule has 1 aromatic heterocycles. The van der Waals surface area contributed by atoms with E-state index < -0.39 is 11.7 Å². The number of halogens is 3. The van der Waals surface area contributed by atoms with Crippen molar-refractivity contribution in [3.05, 3.63) is 53.7 Å². The molecule has 3 nitrogen and oxygen atoms in total. The van der Waals surface area contributed by atoms with Gasteiger partial charge in [0, 0.05) is 23.4 Å². The lowest BCUT2D eigenvalue weighted by Crippen LogP contribution is -2.43. The smallest absolute Gasteiger partial charge is 0.349 e. The Morgan fingerprint density at radius 3 is 2.48 bits per heavy atom. The minimum atomic E-state index is -4.41. The average molecular weight is 376 g/mol. The lowest BCUT2D eigenvalue weighted by Gasteiger charge is -2.34. The molecule has 144 valence electrons. The van der Waals surface area contributed by atoms with Crippen molar-refractivity contribution in [1.29, 1.82) is 0 Å². The standard InChI is InChI=1S/C21H23F3N2O/c1-13-4-3-5-18(14(13)2)26-20(27)16-8-6-15(7-9-16)19-12-17(10-11-25-19)21(22,23)24/h6-14,18H,3-5H2,1-2H3,(H,26,27). The van der Waals surface area contributed by atoms with Gasteiger partial charge in [-0.3, -0.25) is 9.78 Å². The molecule has 1 heterocycles. The Morgan fingerprint density at radius 1 is 1.11 bits per heavy atom. The zero-order chi connectivity index (χ0) is 19.6. The number of benzene rings is 1. The van der Waals surface area contributed by atoms with E-state index in [2.05, 4.69) is 24.1 Å². The van der Waals surface area contributed by atoms with Gasteiger partial charge >= 0.3 is 6.18 Å². The first-order valence-electron chi connectivity index (χ1n) is 9.20. The topological polar surface area (TPSA) is 42.0 Å². The maximum Gasteiger partial charge on any atom is 0.416 e. The van der Waals surface area contributed by atoms with Gasteiger partial charge in [0.2, 0.25) is 0 Å². The maximum absolute atomic E-state index is 12.9. The van der Waals surface area contributed by atoms with Crippen LogP contribution in [0.1, 0.15) is 49.0 Å². The van der Waals surface area contributed by atoms with Gasteiger partial charge in [-0.2, -0.15) is 13.2 Å². The van der Waals surface area contributed by atoms with E-state index in [9.17, 15) is 18.0 Å². The summed E-state index contributed by atoms with van der Waals surface area (Å²) in [6.07, 6.45) is 0.00205. The van der Waals surface area contributed by atoms with Crippen molar-refractivity contribution in [2.45, 2.75) is 45.3 Å². The zero-order valence-electron chi connectivity index (χ0n) is 15.4. The zero-order valence-corrected chi connectivity index (χ0v) is 15.4. The molecular weight excluding hydrogens is 353 g/mol. The Hall–Kier alpha value is -2.37. The van der Waals surface area contributed by atoms with Gasteiger partial charge in [0.1, 0.15) is 0 Å². The van der Waals surface area contributed by atoms with E-state index in [1.54, 1.807) is 24.3 Å². The van der Waals surface area contributed by atoms with Crippen LogP contribution < -0.4 is 5.32 Å². The molecule has 1 amide bonds. The Kier molecular flexibility index (Phi) is 5.53. The summed E-state index contributed by atoms with van der Waals surface area (Å²) in [4.78, 5) is 16.5. The summed E-state index contributed by atoms with van der Waals surface area (Å²) in [5.41, 5.74) is 0.523. The van der Waals surface area contributed by atoms with Crippen LogP contribution in [0.5, 0.6) is 0 Å². The molecule has 1 aromatic carbocycles. The van der Waals surface area contributed by atoms with Crippen molar-refractivity contribution in [2.24, 2.45) is 11.8 Å². The van der Waals surface area contributed by atoms with E-state index in [1.165, 1.54) is 6.42 Å². The molecule has 27 heavy (non-hydrogen) atoms. The summed E-state index contributed by atoms with van der Waals surface area (Å²) in [5.74, 6) is 0.860. The van der Waals surface area contributed by atoms with Crippen molar-refractivity contribution >= 4 is 5.91 Å². The number of hydrogen-bond donors (Lipinski definition) is 1. The Labute approximate surface area is 157 Å². The van der Waals surface area contributed by atoms with Crippen LogP contribution in [-0.4, -0.2) is 16.9 Å². The van der Waals surface area contributed by atoms with Crippen LogP contribution in [-0.2, 0) is 6.18 Å². The van der Waals surface area contributed by atoms with Gasteiger partial charge in [0.25, 0.3) is 5.91 Å². The molecule has 1 aliphatic rings. The van der Waals surface area contributed by atoms with Crippen molar-refractivity contribution in [3.8, 4) is 11.3 Å². The molecule has 1 aliphatic carbocycles. The second-order valence-corrected chi connectivity index (χ2v) is 7.35. The van der Waals surface area contributed by atoms with E-state index in [-0.39, 0.29) is 17.6 Å². The van der Waals surface area contributed by atoms with Gasteiger partial charge in [-0.15, -0.1) is 0 Å². The van der Waals surface area contributed by atoms with E-state index >= 15 is 0 Å². The first kappa shape index (κ1) is 19.4. The molecule has 0 aliphatic heterocycles. The fraction of sp³-hybridized carbons (Fsp3) is 0.429. The van der Waals surface area contributed by atoms with E-state index in [1.807, 2.05) is 0 Å². The fourth-order valence-electron chi connectivity index (χ4n) is 3.59. The molecule has 3 rings (SSSR count). The van der Waals surface area contributed by atoms with E-state index in [4.69, 9.17) is 0 Å². The molecule has 3 atom stereocenters. The number of carbonyl (C=O) groups excluding carboxylic acids is 1. The summed E-state index contributed by atoms with van der Waals surface area (Å²) < 4.78 is 38.6. The lowest BCUT2D eigenvalue weighted by molar-refractivity contribution is -0.137. The SMILES string of the molecule is CC1CCCC(NC(=O)c2ccc(-c3cc(C(F)(F)F)ccn3)cc2)C1C. The largest absolute Gasteiger partial charge is 0.416 e. The van der Waals surface area contributed by atoms with Gasteiger partial charge in [-0.1, -0.05) is 38.8 Å². The van der Waals surface area contributed by atoms with Crippen molar-refractivity contribution in [2.75, 3.05) is 0 Å². The summed E-state index contributed by atoms with van der Waals surface area (Å²) in [7, 11) is 0. The number of nitrogens with one attached hydrogen (secondary N) is 1. The predicted octanol–water partition coefficient (Wildman–Crippen LogP) is 5.32. The van der Waals surface area contributed by atoms with Crippen LogP contribution in [0.25, 0.3) is 11.3 Å². The van der Waals surface area contributed by atoms with Crippen molar-refractivity contribution in [3.63, 3.8) is 0 Å². The highest BCUT2D eigenvalue weighted by atomic mass is 19.4. The average Bonchev–Trinajstić information content (AvgIpc) is 2.65. The first-order chi connectivity index (χ1) is 12.8. The molecule has 3 unspecified atom stereocenters. The number of nitrogens with zero attached hydrogens (tertiary/aromatic N) is 1. The third-order valence-corrected chi connectivity index (χ3v) is 5.55. The first-order valence-corrected chi connectivity index (χ1v) is 9.20. The Balaban J connectivity index is 1.73. The van der Waals surface area contributed by atoms with Crippen molar-refractivity contribution < 1.29 is 18.0 Å². The minimum absolute atomic E-state index is 0.149. The molecule has 1 saturated carbocycles. The van der Waals surface area contributed by atoms with Crippen LogP contribution in [0.3, 0.4) is 0 Å². The number of aromatic nitrogens is 1. The second-order valence-electron chi connectivity index (χ2n) is 7.35.